The summed E-state index contributed by atoms with van der Waals surface area (Å²) < 4.78 is 11.2. The smallest absolute Gasteiger partial charge is 0.229 e. The van der Waals surface area contributed by atoms with Crippen molar-refractivity contribution in [1.29, 1.82) is 0 Å². The van der Waals surface area contributed by atoms with E-state index in [1.807, 2.05) is 32.2 Å². The van der Waals surface area contributed by atoms with Gasteiger partial charge in [0.15, 0.2) is 0 Å². The molecular weight excluding hydrogens is 358 g/mol. The van der Waals surface area contributed by atoms with Gasteiger partial charge in [-0.05, 0) is 31.7 Å². The van der Waals surface area contributed by atoms with Crippen molar-refractivity contribution in [3.8, 4) is 5.88 Å². The number of likely N-dealkylation sites (N-methyl/N-ethyl adjacent to an activating group) is 1. The predicted octanol–water partition coefficient (Wildman–Crippen LogP) is 2.09. The van der Waals surface area contributed by atoms with Crippen LogP contribution in [-0.2, 0) is 11.3 Å². The van der Waals surface area contributed by atoms with Gasteiger partial charge in [0, 0.05) is 25.7 Å². The molecule has 9 heteroatoms. The summed E-state index contributed by atoms with van der Waals surface area (Å²) in [5.41, 5.74) is 9.04. The number of nitrogens with one attached hydrogen (secondary N) is 1. The topological polar surface area (TPSA) is 110 Å². The third-order valence-corrected chi connectivity index (χ3v) is 4.24. The lowest BCUT2D eigenvalue weighted by Gasteiger charge is -2.27. The molecule has 1 fully saturated rings. The van der Waals surface area contributed by atoms with E-state index in [-0.39, 0.29) is 0 Å². The van der Waals surface area contributed by atoms with Crippen LogP contribution in [0.1, 0.15) is 11.3 Å². The van der Waals surface area contributed by atoms with Gasteiger partial charge in [-0.3, -0.25) is 0 Å². The van der Waals surface area contributed by atoms with E-state index in [1.165, 1.54) is 0 Å². The van der Waals surface area contributed by atoms with Crippen molar-refractivity contribution in [2.24, 2.45) is 10.2 Å². The normalized spacial score (nSPS) is 14.6. The Balaban J connectivity index is 1.76. The molecule has 1 saturated heterocycles. The first-order valence-corrected chi connectivity index (χ1v) is 9.37. The lowest BCUT2D eigenvalue weighted by Crippen LogP contribution is -2.37. The molecule has 2 heterocycles. The van der Waals surface area contributed by atoms with Crippen LogP contribution in [0.2, 0.25) is 0 Å². The minimum absolute atomic E-state index is 0.315. The number of aromatic nitrogens is 2. The second kappa shape index (κ2) is 9.95. The number of nitrogens with zero attached hydrogens (tertiary/aromatic N) is 5. The Morgan fingerprint density at radius 2 is 2.07 bits per heavy atom. The molecule has 1 aliphatic heterocycles. The maximum Gasteiger partial charge on any atom is 0.229 e. The molecule has 0 spiro atoms. The monoisotopic (exact) mass is 385 g/mol. The number of benzene rings is 1. The third-order valence-electron chi connectivity index (χ3n) is 4.24. The highest BCUT2D eigenvalue weighted by atomic mass is 16.5. The van der Waals surface area contributed by atoms with Gasteiger partial charge in [-0.25, -0.2) is 4.98 Å². The average molecular weight is 385 g/mol. The Morgan fingerprint density at radius 3 is 2.86 bits per heavy atom. The maximum absolute atomic E-state index is 5.96. The molecule has 150 valence electrons. The largest absolute Gasteiger partial charge is 0.476 e. The van der Waals surface area contributed by atoms with Gasteiger partial charge in [0.1, 0.15) is 18.8 Å². The molecule has 0 saturated carbocycles. The molecule has 0 unspecified atom stereocenters. The zero-order chi connectivity index (χ0) is 19.8. The first kappa shape index (κ1) is 20.0. The second-order valence-corrected chi connectivity index (χ2v) is 6.51. The van der Waals surface area contributed by atoms with E-state index in [1.54, 1.807) is 6.07 Å². The Morgan fingerprint density at radius 1 is 1.25 bits per heavy atom. The van der Waals surface area contributed by atoms with Crippen molar-refractivity contribution in [3.05, 3.63) is 35.5 Å². The van der Waals surface area contributed by atoms with E-state index in [4.69, 9.17) is 15.2 Å². The van der Waals surface area contributed by atoms with Gasteiger partial charge < -0.3 is 25.4 Å². The van der Waals surface area contributed by atoms with Crippen LogP contribution < -0.4 is 20.7 Å². The van der Waals surface area contributed by atoms with Crippen LogP contribution in [0.15, 0.2) is 34.5 Å². The summed E-state index contributed by atoms with van der Waals surface area (Å²) in [7, 11) is 1.88. The fourth-order valence-corrected chi connectivity index (χ4v) is 2.70. The molecule has 3 rings (SSSR count). The van der Waals surface area contributed by atoms with E-state index in [2.05, 4.69) is 30.4 Å². The highest BCUT2D eigenvalue weighted by Crippen LogP contribution is 2.24. The number of nitrogen functional groups attached to an aromatic ring is 1. The summed E-state index contributed by atoms with van der Waals surface area (Å²) >= 11 is 0. The summed E-state index contributed by atoms with van der Waals surface area (Å²) in [6.07, 6.45) is 0. The predicted molar refractivity (Wildman–Crippen MR) is 108 cm³/mol. The summed E-state index contributed by atoms with van der Waals surface area (Å²) in [5.74, 6) is 1.16. The van der Waals surface area contributed by atoms with Gasteiger partial charge in [0.25, 0.3) is 0 Å². The molecular formula is C19H27N7O2. The third kappa shape index (κ3) is 5.61. The van der Waals surface area contributed by atoms with Crippen LogP contribution in [0, 0.1) is 6.92 Å². The van der Waals surface area contributed by atoms with Crippen molar-refractivity contribution >= 4 is 17.3 Å². The number of nitrogens with two attached hydrogens (primary N) is 1. The van der Waals surface area contributed by atoms with Gasteiger partial charge in [-0.15, -0.1) is 0 Å². The molecule has 0 radical (unpaired) electrons. The number of hydrogen-bond acceptors (Lipinski definition) is 9. The van der Waals surface area contributed by atoms with Gasteiger partial charge >= 0.3 is 0 Å². The van der Waals surface area contributed by atoms with Crippen molar-refractivity contribution < 1.29 is 9.47 Å². The van der Waals surface area contributed by atoms with E-state index >= 15 is 0 Å². The van der Waals surface area contributed by atoms with Gasteiger partial charge in [-0.2, -0.15) is 15.2 Å². The fourth-order valence-electron chi connectivity index (χ4n) is 2.70. The molecule has 3 N–H and O–H groups in total. The van der Waals surface area contributed by atoms with Crippen LogP contribution in [0.25, 0.3) is 0 Å². The molecule has 1 aliphatic rings. The van der Waals surface area contributed by atoms with Gasteiger partial charge in [0.05, 0.1) is 24.6 Å². The zero-order valence-corrected chi connectivity index (χ0v) is 16.4. The van der Waals surface area contributed by atoms with Crippen LogP contribution in [0.5, 0.6) is 5.88 Å². The van der Waals surface area contributed by atoms with Crippen molar-refractivity contribution in [1.82, 2.24) is 15.3 Å². The number of anilines is 2. The Kier molecular flexibility index (Phi) is 7.10. The summed E-state index contributed by atoms with van der Waals surface area (Å²) in [6, 6.07) is 7.49. The van der Waals surface area contributed by atoms with E-state index in [0.29, 0.717) is 49.6 Å². The van der Waals surface area contributed by atoms with Gasteiger partial charge in [0.2, 0.25) is 11.8 Å². The standard InChI is InChI=1S/C19H27N7O2/c1-14-3-4-16(20)17(11-14)25-22-13-15-12-18(28-8-5-21-2)24-19(23-15)26-6-9-27-10-7-26/h3-4,11-12,21H,5-10,13,20H2,1-2H3. The average Bonchev–Trinajstić information content (AvgIpc) is 2.71. The molecule has 0 bridgehead atoms. The Hall–Kier alpha value is -2.78. The van der Waals surface area contributed by atoms with Crippen LogP contribution in [0.4, 0.5) is 17.3 Å². The summed E-state index contributed by atoms with van der Waals surface area (Å²) in [6.45, 7) is 6.39. The van der Waals surface area contributed by atoms with Crippen LogP contribution in [0.3, 0.4) is 0 Å². The minimum atomic E-state index is 0.315. The van der Waals surface area contributed by atoms with Gasteiger partial charge in [-0.1, -0.05) is 6.07 Å². The van der Waals surface area contributed by atoms with E-state index < -0.39 is 0 Å². The van der Waals surface area contributed by atoms with E-state index in [0.717, 1.165) is 30.9 Å². The molecule has 1 aromatic carbocycles. The lowest BCUT2D eigenvalue weighted by molar-refractivity contribution is 0.122. The van der Waals surface area contributed by atoms with Crippen molar-refractivity contribution in [2.45, 2.75) is 13.5 Å². The molecule has 28 heavy (non-hydrogen) atoms. The van der Waals surface area contributed by atoms with Crippen molar-refractivity contribution in [3.63, 3.8) is 0 Å². The van der Waals surface area contributed by atoms with Crippen molar-refractivity contribution in [2.75, 3.05) is 57.1 Å². The Labute approximate surface area is 165 Å². The summed E-state index contributed by atoms with van der Waals surface area (Å²) in [5, 5.41) is 11.6. The first-order chi connectivity index (χ1) is 13.7. The highest BCUT2D eigenvalue weighted by molar-refractivity contribution is 5.62. The molecule has 0 amide bonds. The minimum Gasteiger partial charge on any atom is -0.476 e. The zero-order valence-electron chi connectivity index (χ0n) is 16.4. The molecule has 1 aromatic heterocycles. The second-order valence-electron chi connectivity index (χ2n) is 6.51. The molecule has 2 aromatic rings. The molecule has 9 nitrogen and oxygen atoms in total. The van der Waals surface area contributed by atoms with E-state index in [9.17, 15) is 0 Å². The number of rotatable bonds is 8. The molecule has 0 atom stereocenters. The Bertz CT molecular complexity index is 807. The number of hydrogen-bond donors (Lipinski definition) is 2. The first-order valence-electron chi connectivity index (χ1n) is 9.37. The maximum atomic E-state index is 5.96. The van der Waals surface area contributed by atoms with Crippen LogP contribution >= 0.6 is 0 Å². The summed E-state index contributed by atoms with van der Waals surface area (Å²) in [4.78, 5) is 11.3. The number of aryl methyl sites for hydroxylation is 1. The lowest BCUT2D eigenvalue weighted by atomic mass is 10.2. The molecule has 0 aliphatic carbocycles. The van der Waals surface area contributed by atoms with Crippen LogP contribution in [-0.4, -0.2) is 56.5 Å². The number of azo groups is 1. The number of ether oxygens (including phenoxy) is 2. The SMILES string of the molecule is CNCCOc1cc(CN=Nc2cc(C)ccc2N)nc(N2CCOCC2)n1. The fraction of sp³-hybridized carbons (Fsp3) is 0.474. The quantitative estimate of drug-likeness (QED) is 0.407. The number of morpholine rings is 1. The highest BCUT2D eigenvalue weighted by Gasteiger charge is 2.16.